The van der Waals surface area contributed by atoms with Crippen LogP contribution >= 0.6 is 11.8 Å². The summed E-state index contributed by atoms with van der Waals surface area (Å²) in [6.07, 6.45) is 11.2. The number of thioether (sulfide) groups is 1. The van der Waals surface area contributed by atoms with E-state index in [2.05, 4.69) is 21.8 Å². The molecule has 1 amide bonds. The maximum absolute atomic E-state index is 12.1. The molecule has 0 aromatic carbocycles. The van der Waals surface area contributed by atoms with Crippen molar-refractivity contribution in [3.05, 3.63) is 18.0 Å². The van der Waals surface area contributed by atoms with E-state index in [9.17, 15) is 4.79 Å². The molecule has 0 radical (unpaired) electrons. The minimum atomic E-state index is 0.0654. The van der Waals surface area contributed by atoms with Gasteiger partial charge in [-0.25, -0.2) is 0 Å². The summed E-state index contributed by atoms with van der Waals surface area (Å²) in [6.45, 7) is 3.20. The lowest BCUT2D eigenvalue weighted by Crippen LogP contribution is -2.30. The molecular formula is C18H30N4OS. The monoisotopic (exact) mass is 350 g/mol. The first kappa shape index (κ1) is 17.8. The van der Waals surface area contributed by atoms with E-state index in [4.69, 9.17) is 0 Å². The molecule has 6 heteroatoms. The predicted octanol–water partition coefficient (Wildman–Crippen LogP) is 2.53. The molecule has 1 aromatic heterocycles. The van der Waals surface area contributed by atoms with Gasteiger partial charge in [0, 0.05) is 36.2 Å². The maximum atomic E-state index is 12.1. The topological polar surface area (TPSA) is 59.0 Å². The fourth-order valence-corrected chi connectivity index (χ4v) is 4.86. The average molecular weight is 351 g/mol. The average Bonchev–Trinajstić information content (AvgIpc) is 3.09. The Morgan fingerprint density at radius 3 is 2.96 bits per heavy atom. The molecule has 134 valence electrons. The molecule has 1 aromatic rings. The van der Waals surface area contributed by atoms with Crippen LogP contribution in [0.15, 0.2) is 12.3 Å². The molecule has 0 bridgehead atoms. The Balaban J connectivity index is 1.33. The number of rotatable bonds is 7. The molecule has 2 heterocycles. The molecule has 1 aliphatic heterocycles. The van der Waals surface area contributed by atoms with Crippen molar-refractivity contribution in [2.75, 3.05) is 25.4 Å². The van der Waals surface area contributed by atoms with Crippen molar-refractivity contribution in [3.8, 4) is 0 Å². The van der Waals surface area contributed by atoms with E-state index in [1.54, 1.807) is 4.68 Å². The van der Waals surface area contributed by atoms with Gasteiger partial charge in [-0.1, -0.05) is 19.3 Å². The molecular weight excluding hydrogens is 320 g/mol. The van der Waals surface area contributed by atoms with Gasteiger partial charge in [0.05, 0.1) is 5.69 Å². The van der Waals surface area contributed by atoms with Crippen LogP contribution in [-0.4, -0.2) is 46.3 Å². The highest BCUT2D eigenvalue weighted by Gasteiger charge is 2.18. The van der Waals surface area contributed by atoms with E-state index < -0.39 is 0 Å². The third-order valence-corrected chi connectivity index (χ3v) is 6.39. The SMILES string of the molecule is O=C(Cn1ccc([C@H]2CCCNC2)n1)NCCSC1CCCCC1. The summed E-state index contributed by atoms with van der Waals surface area (Å²) in [7, 11) is 0. The lowest BCUT2D eigenvalue weighted by Gasteiger charge is -2.21. The van der Waals surface area contributed by atoms with E-state index >= 15 is 0 Å². The Kier molecular flexibility index (Phi) is 7.02. The van der Waals surface area contributed by atoms with Gasteiger partial charge < -0.3 is 10.6 Å². The third-order valence-electron chi connectivity index (χ3n) is 5.01. The maximum Gasteiger partial charge on any atom is 0.241 e. The zero-order valence-corrected chi connectivity index (χ0v) is 15.3. The molecule has 2 N–H and O–H groups in total. The number of hydrogen-bond donors (Lipinski definition) is 2. The van der Waals surface area contributed by atoms with Gasteiger partial charge in [0.15, 0.2) is 0 Å². The summed E-state index contributed by atoms with van der Waals surface area (Å²) in [5, 5.41) is 11.8. The number of nitrogens with one attached hydrogen (secondary N) is 2. The van der Waals surface area contributed by atoms with Crippen molar-refractivity contribution in [2.45, 2.75) is 62.7 Å². The molecule has 1 aliphatic carbocycles. The smallest absolute Gasteiger partial charge is 0.241 e. The Morgan fingerprint density at radius 2 is 2.17 bits per heavy atom. The molecule has 1 saturated carbocycles. The number of carbonyl (C=O) groups excluding carboxylic acids is 1. The van der Waals surface area contributed by atoms with Gasteiger partial charge in [0.1, 0.15) is 6.54 Å². The van der Waals surface area contributed by atoms with Crippen molar-refractivity contribution < 1.29 is 4.79 Å². The van der Waals surface area contributed by atoms with Gasteiger partial charge in [-0.15, -0.1) is 0 Å². The number of amides is 1. The lowest BCUT2D eigenvalue weighted by atomic mass is 9.97. The lowest BCUT2D eigenvalue weighted by molar-refractivity contribution is -0.121. The molecule has 0 spiro atoms. The first-order chi connectivity index (χ1) is 11.8. The zero-order chi connectivity index (χ0) is 16.6. The summed E-state index contributed by atoms with van der Waals surface area (Å²) in [6, 6.07) is 2.06. The second kappa shape index (κ2) is 9.47. The minimum Gasteiger partial charge on any atom is -0.354 e. The second-order valence-corrected chi connectivity index (χ2v) is 8.37. The summed E-state index contributed by atoms with van der Waals surface area (Å²) >= 11 is 2.02. The normalized spacial score (nSPS) is 22.4. The van der Waals surface area contributed by atoms with Gasteiger partial charge in [-0.2, -0.15) is 16.9 Å². The van der Waals surface area contributed by atoms with Crippen LogP contribution in [-0.2, 0) is 11.3 Å². The standard InChI is InChI=1S/C18H30N4OS/c23-18(20-10-12-24-16-6-2-1-3-7-16)14-22-11-8-17(21-22)15-5-4-9-19-13-15/h8,11,15-16,19H,1-7,9-10,12-14H2,(H,20,23)/t15-/m0/s1. The van der Waals surface area contributed by atoms with Crippen LogP contribution in [0.5, 0.6) is 0 Å². The van der Waals surface area contributed by atoms with Crippen LogP contribution in [0.3, 0.4) is 0 Å². The highest BCUT2D eigenvalue weighted by atomic mass is 32.2. The van der Waals surface area contributed by atoms with Gasteiger partial charge in [0.25, 0.3) is 0 Å². The van der Waals surface area contributed by atoms with Crippen molar-refractivity contribution in [1.82, 2.24) is 20.4 Å². The van der Waals surface area contributed by atoms with Gasteiger partial charge in [-0.05, 0) is 38.3 Å². The molecule has 3 rings (SSSR count). The van der Waals surface area contributed by atoms with Crippen LogP contribution in [0, 0.1) is 0 Å². The van der Waals surface area contributed by atoms with E-state index in [0.717, 1.165) is 36.3 Å². The Hall–Kier alpha value is -1.01. The molecule has 1 atom stereocenters. The predicted molar refractivity (Wildman–Crippen MR) is 99.4 cm³/mol. The van der Waals surface area contributed by atoms with Crippen molar-refractivity contribution in [3.63, 3.8) is 0 Å². The van der Waals surface area contributed by atoms with Gasteiger partial charge in [0.2, 0.25) is 5.91 Å². The number of hydrogen-bond acceptors (Lipinski definition) is 4. The summed E-state index contributed by atoms with van der Waals surface area (Å²) in [5.41, 5.74) is 1.11. The summed E-state index contributed by atoms with van der Waals surface area (Å²) < 4.78 is 1.77. The quantitative estimate of drug-likeness (QED) is 0.742. The molecule has 2 aliphatic rings. The van der Waals surface area contributed by atoms with Crippen LogP contribution in [0.1, 0.15) is 56.6 Å². The highest BCUT2D eigenvalue weighted by molar-refractivity contribution is 7.99. The molecule has 2 fully saturated rings. The highest BCUT2D eigenvalue weighted by Crippen LogP contribution is 2.27. The first-order valence-electron chi connectivity index (χ1n) is 9.43. The zero-order valence-electron chi connectivity index (χ0n) is 14.5. The van der Waals surface area contributed by atoms with E-state index in [0.29, 0.717) is 12.5 Å². The van der Waals surface area contributed by atoms with Crippen LogP contribution in [0.4, 0.5) is 0 Å². The van der Waals surface area contributed by atoms with Crippen molar-refractivity contribution in [1.29, 1.82) is 0 Å². The van der Waals surface area contributed by atoms with Crippen LogP contribution in [0.2, 0.25) is 0 Å². The first-order valence-corrected chi connectivity index (χ1v) is 10.5. The van der Waals surface area contributed by atoms with Crippen molar-refractivity contribution >= 4 is 17.7 Å². The fraction of sp³-hybridized carbons (Fsp3) is 0.778. The molecule has 1 saturated heterocycles. The third kappa shape index (κ3) is 5.52. The van der Waals surface area contributed by atoms with E-state index in [-0.39, 0.29) is 5.91 Å². The van der Waals surface area contributed by atoms with Gasteiger partial charge >= 0.3 is 0 Å². The Labute approximate surface area is 149 Å². The largest absolute Gasteiger partial charge is 0.354 e. The summed E-state index contributed by atoms with van der Waals surface area (Å²) in [5.74, 6) is 1.58. The fourth-order valence-electron chi connectivity index (χ4n) is 3.64. The second-order valence-electron chi connectivity index (χ2n) is 6.96. The minimum absolute atomic E-state index is 0.0654. The Morgan fingerprint density at radius 1 is 1.29 bits per heavy atom. The number of nitrogens with zero attached hydrogens (tertiary/aromatic N) is 2. The van der Waals surface area contributed by atoms with E-state index in [1.165, 1.54) is 44.9 Å². The summed E-state index contributed by atoms with van der Waals surface area (Å²) in [4.78, 5) is 12.1. The van der Waals surface area contributed by atoms with E-state index in [1.807, 2.05) is 18.0 Å². The van der Waals surface area contributed by atoms with Crippen LogP contribution < -0.4 is 10.6 Å². The molecule has 0 unspecified atom stereocenters. The Bertz CT molecular complexity index is 507. The number of carbonyl (C=O) groups is 1. The van der Waals surface area contributed by atoms with Gasteiger partial charge in [-0.3, -0.25) is 9.48 Å². The number of piperidine rings is 1. The van der Waals surface area contributed by atoms with Crippen LogP contribution in [0.25, 0.3) is 0 Å². The molecule has 5 nitrogen and oxygen atoms in total. The van der Waals surface area contributed by atoms with Crippen molar-refractivity contribution in [2.24, 2.45) is 0 Å². The number of aromatic nitrogens is 2. The molecule has 24 heavy (non-hydrogen) atoms.